The van der Waals surface area contributed by atoms with E-state index >= 15 is 0 Å². The molecular formula is C17H26N4. The molecule has 0 amide bonds. The molecule has 21 heavy (non-hydrogen) atoms. The molecule has 0 saturated heterocycles. The first-order valence-corrected chi connectivity index (χ1v) is 7.53. The molecule has 4 heteroatoms. The zero-order valence-corrected chi connectivity index (χ0v) is 13.5. The van der Waals surface area contributed by atoms with Crippen LogP contribution in [0.3, 0.4) is 0 Å². The highest BCUT2D eigenvalue weighted by atomic mass is 15.3. The predicted octanol–water partition coefficient (Wildman–Crippen LogP) is 2.55. The molecule has 0 saturated carbocycles. The molecule has 0 radical (unpaired) electrons. The van der Waals surface area contributed by atoms with Crippen molar-refractivity contribution >= 4 is 0 Å². The van der Waals surface area contributed by atoms with Gasteiger partial charge in [-0.25, -0.2) is 4.68 Å². The number of hydrogen-bond donors (Lipinski definition) is 1. The summed E-state index contributed by atoms with van der Waals surface area (Å²) in [5.41, 5.74) is 2.31. The van der Waals surface area contributed by atoms with Crippen molar-refractivity contribution in [1.29, 1.82) is 0 Å². The number of aromatic nitrogens is 2. The van der Waals surface area contributed by atoms with Gasteiger partial charge in [0, 0.05) is 30.9 Å². The van der Waals surface area contributed by atoms with Crippen molar-refractivity contribution in [3.63, 3.8) is 0 Å². The van der Waals surface area contributed by atoms with Gasteiger partial charge in [0.15, 0.2) is 0 Å². The van der Waals surface area contributed by atoms with Crippen LogP contribution in [-0.2, 0) is 6.54 Å². The van der Waals surface area contributed by atoms with Crippen LogP contribution in [0.2, 0.25) is 0 Å². The Bertz CT molecular complexity index is 531. The molecule has 1 atom stereocenters. The van der Waals surface area contributed by atoms with Crippen molar-refractivity contribution in [3.05, 3.63) is 48.3 Å². The molecule has 0 aliphatic rings. The Balaban J connectivity index is 1.96. The van der Waals surface area contributed by atoms with E-state index in [1.807, 2.05) is 29.1 Å². The topological polar surface area (TPSA) is 33.1 Å². The summed E-state index contributed by atoms with van der Waals surface area (Å²) < 4.78 is 1.92. The van der Waals surface area contributed by atoms with Crippen molar-refractivity contribution < 1.29 is 0 Å². The van der Waals surface area contributed by atoms with Gasteiger partial charge in [-0.05, 0) is 32.1 Å². The standard InChI is InChI=1S/C17H26N4/c1-14(2)17(13-20(3)4)18-10-15-11-19-21(12-15)16-8-6-5-7-9-16/h5-9,11-12,14,17-18H,10,13H2,1-4H3. The number of rotatable bonds is 7. The fourth-order valence-electron chi connectivity index (χ4n) is 2.33. The van der Waals surface area contributed by atoms with E-state index in [1.165, 1.54) is 5.56 Å². The lowest BCUT2D eigenvalue weighted by Crippen LogP contribution is -2.41. The fraction of sp³-hybridized carbons (Fsp3) is 0.471. The van der Waals surface area contributed by atoms with Gasteiger partial charge in [-0.3, -0.25) is 0 Å². The molecule has 0 aliphatic carbocycles. The Hall–Kier alpha value is -1.65. The Morgan fingerprint density at radius 3 is 2.52 bits per heavy atom. The molecule has 0 bridgehead atoms. The van der Waals surface area contributed by atoms with Gasteiger partial charge < -0.3 is 10.2 Å². The number of nitrogens with one attached hydrogen (secondary N) is 1. The molecule has 1 heterocycles. The summed E-state index contributed by atoms with van der Waals surface area (Å²) in [7, 11) is 4.23. The van der Waals surface area contributed by atoms with E-state index in [1.54, 1.807) is 0 Å². The summed E-state index contributed by atoms with van der Waals surface area (Å²) in [4.78, 5) is 2.23. The van der Waals surface area contributed by atoms with Crippen LogP contribution >= 0.6 is 0 Å². The van der Waals surface area contributed by atoms with E-state index in [0.717, 1.165) is 18.8 Å². The van der Waals surface area contributed by atoms with Gasteiger partial charge in [-0.2, -0.15) is 5.10 Å². The third kappa shape index (κ3) is 4.69. The number of hydrogen-bond acceptors (Lipinski definition) is 3. The first-order chi connectivity index (χ1) is 10.1. The summed E-state index contributed by atoms with van der Waals surface area (Å²) in [6, 6.07) is 10.7. The van der Waals surface area contributed by atoms with Crippen molar-refractivity contribution in [1.82, 2.24) is 20.0 Å². The van der Waals surface area contributed by atoms with E-state index in [-0.39, 0.29) is 0 Å². The van der Waals surface area contributed by atoms with Crippen LogP contribution in [0.15, 0.2) is 42.7 Å². The Kier molecular flexibility index (Phi) is 5.53. The molecule has 1 unspecified atom stereocenters. The first kappa shape index (κ1) is 15.7. The maximum atomic E-state index is 4.44. The summed E-state index contributed by atoms with van der Waals surface area (Å²) >= 11 is 0. The Morgan fingerprint density at radius 2 is 1.90 bits per heavy atom. The maximum absolute atomic E-state index is 4.44. The number of nitrogens with zero attached hydrogens (tertiary/aromatic N) is 3. The third-order valence-electron chi connectivity index (χ3n) is 3.59. The third-order valence-corrected chi connectivity index (χ3v) is 3.59. The van der Waals surface area contributed by atoms with Gasteiger partial charge in [-0.15, -0.1) is 0 Å². The van der Waals surface area contributed by atoms with Crippen LogP contribution < -0.4 is 5.32 Å². The van der Waals surface area contributed by atoms with Gasteiger partial charge >= 0.3 is 0 Å². The van der Waals surface area contributed by atoms with E-state index < -0.39 is 0 Å². The second kappa shape index (κ2) is 7.38. The largest absolute Gasteiger partial charge is 0.308 e. The highest BCUT2D eigenvalue weighted by Gasteiger charge is 2.14. The van der Waals surface area contributed by atoms with Gasteiger partial charge in [0.25, 0.3) is 0 Å². The lowest BCUT2D eigenvalue weighted by atomic mass is 10.0. The molecule has 4 nitrogen and oxygen atoms in total. The smallest absolute Gasteiger partial charge is 0.0645 e. The summed E-state index contributed by atoms with van der Waals surface area (Å²) in [5, 5.41) is 8.07. The first-order valence-electron chi connectivity index (χ1n) is 7.53. The minimum absolute atomic E-state index is 0.486. The van der Waals surface area contributed by atoms with E-state index in [0.29, 0.717) is 12.0 Å². The molecule has 0 fully saturated rings. The SMILES string of the molecule is CC(C)C(CN(C)C)NCc1cnn(-c2ccccc2)c1. The van der Waals surface area contributed by atoms with Crippen LogP contribution in [0.4, 0.5) is 0 Å². The summed E-state index contributed by atoms with van der Waals surface area (Å²) in [6.07, 6.45) is 4.03. The van der Waals surface area contributed by atoms with Crippen LogP contribution in [0, 0.1) is 5.92 Å². The van der Waals surface area contributed by atoms with Crippen molar-refractivity contribution in [2.24, 2.45) is 5.92 Å². The molecule has 1 N–H and O–H groups in total. The Labute approximate surface area is 127 Å². The monoisotopic (exact) mass is 286 g/mol. The fourth-order valence-corrected chi connectivity index (χ4v) is 2.33. The predicted molar refractivity (Wildman–Crippen MR) is 87.6 cm³/mol. The quantitative estimate of drug-likeness (QED) is 0.849. The molecule has 0 aliphatic heterocycles. The molecule has 1 aromatic heterocycles. The maximum Gasteiger partial charge on any atom is 0.0645 e. The van der Waals surface area contributed by atoms with Crippen LogP contribution in [-0.4, -0.2) is 41.4 Å². The molecule has 114 valence electrons. The van der Waals surface area contributed by atoms with Gasteiger partial charge in [0.1, 0.15) is 0 Å². The molecule has 1 aromatic carbocycles. The van der Waals surface area contributed by atoms with Crippen LogP contribution in [0.5, 0.6) is 0 Å². The lowest BCUT2D eigenvalue weighted by molar-refractivity contribution is 0.288. The highest BCUT2D eigenvalue weighted by molar-refractivity contribution is 5.30. The van der Waals surface area contributed by atoms with Gasteiger partial charge in [0.2, 0.25) is 0 Å². The second-order valence-electron chi connectivity index (χ2n) is 6.12. The lowest BCUT2D eigenvalue weighted by Gasteiger charge is -2.25. The zero-order chi connectivity index (χ0) is 15.2. The van der Waals surface area contributed by atoms with Crippen molar-refractivity contribution in [2.75, 3.05) is 20.6 Å². The minimum atomic E-state index is 0.486. The Morgan fingerprint density at radius 1 is 1.19 bits per heavy atom. The molecule has 0 spiro atoms. The van der Waals surface area contributed by atoms with E-state index in [9.17, 15) is 0 Å². The number of benzene rings is 1. The van der Waals surface area contributed by atoms with Crippen LogP contribution in [0.1, 0.15) is 19.4 Å². The number of likely N-dealkylation sites (N-methyl/N-ethyl adjacent to an activating group) is 1. The van der Waals surface area contributed by atoms with E-state index in [4.69, 9.17) is 0 Å². The van der Waals surface area contributed by atoms with E-state index in [2.05, 4.69) is 61.6 Å². The van der Waals surface area contributed by atoms with Gasteiger partial charge in [-0.1, -0.05) is 32.0 Å². The zero-order valence-electron chi connectivity index (χ0n) is 13.5. The van der Waals surface area contributed by atoms with Crippen molar-refractivity contribution in [3.8, 4) is 5.69 Å². The second-order valence-corrected chi connectivity index (χ2v) is 6.12. The van der Waals surface area contributed by atoms with Crippen molar-refractivity contribution in [2.45, 2.75) is 26.4 Å². The van der Waals surface area contributed by atoms with Gasteiger partial charge in [0.05, 0.1) is 11.9 Å². The molecular weight excluding hydrogens is 260 g/mol. The van der Waals surface area contributed by atoms with Crippen LogP contribution in [0.25, 0.3) is 5.69 Å². The molecule has 2 rings (SSSR count). The number of para-hydroxylation sites is 1. The average Bonchev–Trinajstić information content (AvgIpc) is 2.92. The highest BCUT2D eigenvalue weighted by Crippen LogP contribution is 2.09. The molecule has 2 aromatic rings. The normalized spacial score (nSPS) is 13.0. The summed E-state index contributed by atoms with van der Waals surface area (Å²) in [5.74, 6) is 0.608. The summed E-state index contributed by atoms with van der Waals surface area (Å²) in [6.45, 7) is 6.41. The average molecular weight is 286 g/mol. The minimum Gasteiger partial charge on any atom is -0.308 e.